The third-order valence-corrected chi connectivity index (χ3v) is 5.06. The molecule has 0 spiro atoms. The van der Waals surface area contributed by atoms with E-state index in [1.165, 1.54) is 19.2 Å². The molecule has 0 radical (unpaired) electrons. The van der Waals surface area contributed by atoms with Gasteiger partial charge in [0.25, 0.3) is 5.91 Å². The van der Waals surface area contributed by atoms with Crippen LogP contribution in [0, 0.1) is 11.7 Å². The fraction of sp³-hybridized carbons (Fsp3) is 0.471. The topological polar surface area (TPSA) is 94.1 Å². The molecule has 2 aliphatic heterocycles. The van der Waals surface area contributed by atoms with Crippen LogP contribution in [0.25, 0.3) is 0 Å². The van der Waals surface area contributed by atoms with Gasteiger partial charge in [0, 0.05) is 24.8 Å². The molecular formula is C17H21FN3O4+. The Morgan fingerprint density at radius 1 is 1.32 bits per heavy atom. The highest BCUT2D eigenvalue weighted by Crippen LogP contribution is 2.27. The van der Waals surface area contributed by atoms with E-state index in [-0.39, 0.29) is 41.5 Å². The van der Waals surface area contributed by atoms with Gasteiger partial charge in [-0.3, -0.25) is 14.4 Å². The molecular weight excluding hydrogens is 329 g/mol. The van der Waals surface area contributed by atoms with Crippen LogP contribution in [0.2, 0.25) is 0 Å². The molecule has 3 rings (SSSR count). The van der Waals surface area contributed by atoms with Crippen LogP contribution in [0.3, 0.4) is 0 Å². The summed E-state index contributed by atoms with van der Waals surface area (Å²) in [5.41, 5.74) is 5.54. The van der Waals surface area contributed by atoms with E-state index in [4.69, 9.17) is 10.5 Å². The summed E-state index contributed by atoms with van der Waals surface area (Å²) in [6, 6.07) is 3.52. The van der Waals surface area contributed by atoms with Crippen molar-refractivity contribution in [3.63, 3.8) is 0 Å². The summed E-state index contributed by atoms with van der Waals surface area (Å²) < 4.78 is 18.8. The Bertz CT molecular complexity index is 716. The minimum Gasteiger partial charge on any atom is -0.494 e. The van der Waals surface area contributed by atoms with Gasteiger partial charge >= 0.3 is 0 Å². The lowest BCUT2D eigenvalue weighted by Gasteiger charge is -2.30. The average molecular weight is 350 g/mol. The molecule has 2 fully saturated rings. The van der Waals surface area contributed by atoms with Crippen LogP contribution in [0.15, 0.2) is 18.2 Å². The van der Waals surface area contributed by atoms with Gasteiger partial charge in [-0.1, -0.05) is 0 Å². The molecule has 2 saturated heterocycles. The molecule has 2 aliphatic rings. The van der Waals surface area contributed by atoms with E-state index in [2.05, 4.69) is 0 Å². The fourth-order valence-corrected chi connectivity index (χ4v) is 3.64. The van der Waals surface area contributed by atoms with Crippen LogP contribution in [0.1, 0.15) is 19.3 Å². The summed E-state index contributed by atoms with van der Waals surface area (Å²) in [5.74, 6) is -1.73. The molecule has 134 valence electrons. The maximum atomic E-state index is 13.9. The monoisotopic (exact) mass is 350 g/mol. The minimum absolute atomic E-state index is 0.0542. The van der Waals surface area contributed by atoms with Crippen LogP contribution >= 0.6 is 0 Å². The van der Waals surface area contributed by atoms with Gasteiger partial charge < -0.3 is 15.4 Å². The molecule has 8 heteroatoms. The Morgan fingerprint density at radius 3 is 2.56 bits per heavy atom. The number of benzene rings is 1. The molecule has 7 nitrogen and oxygen atoms in total. The highest BCUT2D eigenvalue weighted by Gasteiger charge is 2.47. The van der Waals surface area contributed by atoms with Crippen LogP contribution in [0.4, 0.5) is 10.1 Å². The highest BCUT2D eigenvalue weighted by molar-refractivity contribution is 6.21. The maximum absolute atomic E-state index is 13.9. The van der Waals surface area contributed by atoms with Gasteiger partial charge in [-0.25, -0.2) is 9.29 Å². The number of quaternary nitrogens is 1. The maximum Gasteiger partial charge on any atom is 0.292 e. The predicted octanol–water partition coefficient (Wildman–Crippen LogP) is -0.754. The third-order valence-electron chi connectivity index (χ3n) is 5.06. The van der Waals surface area contributed by atoms with Crippen molar-refractivity contribution in [2.75, 3.05) is 25.1 Å². The van der Waals surface area contributed by atoms with Gasteiger partial charge in [-0.05, 0) is 12.1 Å². The molecule has 0 unspecified atom stereocenters. The van der Waals surface area contributed by atoms with Gasteiger partial charge in [-0.2, -0.15) is 0 Å². The van der Waals surface area contributed by atoms with Crippen molar-refractivity contribution in [1.82, 2.24) is 0 Å². The quantitative estimate of drug-likeness (QED) is 0.699. The number of piperidine rings is 1. The Labute approximate surface area is 144 Å². The molecule has 0 aliphatic carbocycles. The number of ether oxygens (including phenoxy) is 1. The van der Waals surface area contributed by atoms with E-state index in [1.807, 2.05) is 0 Å². The first-order chi connectivity index (χ1) is 11.9. The first-order valence-electron chi connectivity index (χ1n) is 8.26. The van der Waals surface area contributed by atoms with Crippen LogP contribution in [-0.2, 0) is 14.4 Å². The number of likely N-dealkylation sites (tertiary alicyclic amines) is 1. The number of methoxy groups -OCH3 is 1. The van der Waals surface area contributed by atoms with Gasteiger partial charge in [0.05, 0.1) is 32.3 Å². The van der Waals surface area contributed by atoms with E-state index in [1.54, 1.807) is 0 Å². The minimum atomic E-state index is -0.626. The molecule has 2 heterocycles. The summed E-state index contributed by atoms with van der Waals surface area (Å²) in [7, 11) is 1.35. The zero-order valence-corrected chi connectivity index (χ0v) is 14.0. The zero-order valence-electron chi connectivity index (χ0n) is 14.0. The molecule has 1 atom stereocenters. The highest BCUT2D eigenvalue weighted by atomic mass is 19.1. The molecule has 0 saturated carbocycles. The second-order valence-corrected chi connectivity index (χ2v) is 6.48. The number of nitrogens with two attached hydrogens (primary N) is 1. The van der Waals surface area contributed by atoms with E-state index in [0.29, 0.717) is 25.9 Å². The second kappa shape index (κ2) is 6.79. The van der Waals surface area contributed by atoms with Gasteiger partial charge in [0.15, 0.2) is 17.6 Å². The molecule has 3 N–H and O–H groups in total. The van der Waals surface area contributed by atoms with Crippen molar-refractivity contribution in [3.8, 4) is 5.75 Å². The molecule has 0 bridgehead atoms. The number of nitrogens with one attached hydrogen (secondary N) is 1. The van der Waals surface area contributed by atoms with Crippen LogP contribution in [-0.4, -0.2) is 44.0 Å². The first-order valence-corrected chi connectivity index (χ1v) is 8.26. The van der Waals surface area contributed by atoms with E-state index >= 15 is 0 Å². The lowest BCUT2D eigenvalue weighted by molar-refractivity contribution is -0.920. The summed E-state index contributed by atoms with van der Waals surface area (Å²) in [5, 5.41) is 0. The normalized spacial score (nSPS) is 26.8. The molecule has 1 aromatic rings. The SMILES string of the molecule is COc1ccc(N2C(=O)C[C@H]([NH+]3CCC(C(N)=O)CC3)C2=O)cc1F. The summed E-state index contributed by atoms with van der Waals surface area (Å²) in [6.45, 7) is 1.23. The van der Waals surface area contributed by atoms with Crippen molar-refractivity contribution in [3.05, 3.63) is 24.0 Å². The largest absolute Gasteiger partial charge is 0.494 e. The Balaban J connectivity index is 1.75. The number of hydrogen-bond acceptors (Lipinski definition) is 4. The van der Waals surface area contributed by atoms with E-state index < -0.39 is 11.9 Å². The number of nitrogens with zero attached hydrogens (tertiary/aromatic N) is 1. The number of hydrogen-bond donors (Lipinski definition) is 2. The van der Waals surface area contributed by atoms with Crippen molar-refractivity contribution < 1.29 is 28.4 Å². The van der Waals surface area contributed by atoms with Crippen molar-refractivity contribution in [2.45, 2.75) is 25.3 Å². The standard InChI is InChI=1S/C17H20FN3O4/c1-25-14-3-2-11(8-12(14)18)21-15(22)9-13(17(21)24)20-6-4-10(5-7-20)16(19)23/h2-3,8,10,13H,4-7,9H2,1H3,(H2,19,23)/p+1/t13-/m0/s1. The molecule has 25 heavy (non-hydrogen) atoms. The number of carbonyl (C=O) groups is 3. The number of rotatable bonds is 4. The number of carbonyl (C=O) groups excluding carboxylic acids is 3. The zero-order chi connectivity index (χ0) is 18.1. The number of anilines is 1. The number of amides is 3. The van der Waals surface area contributed by atoms with Crippen molar-refractivity contribution in [1.29, 1.82) is 0 Å². The summed E-state index contributed by atoms with van der Waals surface area (Å²) in [4.78, 5) is 38.4. The lowest BCUT2D eigenvalue weighted by Crippen LogP contribution is -3.17. The molecule has 1 aromatic carbocycles. The predicted molar refractivity (Wildman–Crippen MR) is 86.5 cm³/mol. The summed E-state index contributed by atoms with van der Waals surface area (Å²) in [6.07, 6.45) is 1.31. The Morgan fingerprint density at radius 2 is 2.00 bits per heavy atom. The Hall–Kier alpha value is -2.48. The van der Waals surface area contributed by atoms with Crippen LogP contribution in [0.5, 0.6) is 5.75 Å². The Kier molecular flexibility index (Phi) is 4.71. The fourth-order valence-electron chi connectivity index (χ4n) is 3.64. The van der Waals surface area contributed by atoms with E-state index in [9.17, 15) is 18.8 Å². The van der Waals surface area contributed by atoms with Gasteiger partial charge in [-0.15, -0.1) is 0 Å². The van der Waals surface area contributed by atoms with Crippen LogP contribution < -0.4 is 20.3 Å². The lowest BCUT2D eigenvalue weighted by atomic mass is 9.95. The van der Waals surface area contributed by atoms with Gasteiger partial charge in [0.2, 0.25) is 11.8 Å². The average Bonchev–Trinajstić information content (AvgIpc) is 2.89. The van der Waals surface area contributed by atoms with E-state index in [0.717, 1.165) is 15.9 Å². The van der Waals surface area contributed by atoms with Gasteiger partial charge in [0.1, 0.15) is 0 Å². The number of halogens is 1. The third kappa shape index (κ3) is 3.21. The summed E-state index contributed by atoms with van der Waals surface area (Å²) >= 11 is 0. The number of imide groups is 1. The molecule has 3 amide bonds. The van der Waals surface area contributed by atoms with Crippen molar-refractivity contribution in [2.24, 2.45) is 11.7 Å². The number of primary amides is 1. The smallest absolute Gasteiger partial charge is 0.292 e. The van der Waals surface area contributed by atoms with Crippen molar-refractivity contribution >= 4 is 23.4 Å². The molecule has 0 aromatic heterocycles. The second-order valence-electron chi connectivity index (χ2n) is 6.48. The first kappa shape index (κ1) is 17.3.